The molecule has 0 spiro atoms. The lowest BCUT2D eigenvalue weighted by molar-refractivity contribution is 1.32. The van der Waals surface area contributed by atoms with Crippen molar-refractivity contribution < 1.29 is 0 Å². The number of nitrogens with zero attached hydrogens (tertiary/aromatic N) is 2. The van der Waals surface area contributed by atoms with Gasteiger partial charge in [0, 0.05) is 11.2 Å². The summed E-state index contributed by atoms with van der Waals surface area (Å²) >= 11 is 7.51. The van der Waals surface area contributed by atoms with Gasteiger partial charge in [-0.15, -0.1) is 0 Å². The molecule has 0 aliphatic carbocycles. The van der Waals surface area contributed by atoms with Crippen LogP contribution in [0.15, 0.2) is 42.7 Å². The fourth-order valence-electron chi connectivity index (χ4n) is 1.51. The molecule has 3 nitrogen and oxygen atoms in total. The Morgan fingerprint density at radius 2 is 2.18 bits per heavy atom. The van der Waals surface area contributed by atoms with Crippen molar-refractivity contribution >= 4 is 44.0 Å². The summed E-state index contributed by atoms with van der Waals surface area (Å²) in [4.78, 5) is 8.51. The molecule has 0 unspecified atom stereocenters. The highest BCUT2D eigenvalue weighted by atomic mass is 35.5. The molecule has 0 amide bonds. The topological polar surface area (TPSA) is 37.8 Å². The fraction of sp³-hybridized carbons (Fsp3) is 0. The predicted molar refractivity (Wildman–Crippen MR) is 72.1 cm³/mol. The first-order valence-corrected chi connectivity index (χ1v) is 6.24. The predicted octanol–water partition coefficient (Wildman–Crippen LogP) is 4.09. The van der Waals surface area contributed by atoms with Crippen molar-refractivity contribution in [3.05, 3.63) is 47.7 Å². The Morgan fingerprint density at radius 1 is 1.24 bits per heavy atom. The van der Waals surface area contributed by atoms with E-state index >= 15 is 0 Å². The van der Waals surface area contributed by atoms with Crippen molar-refractivity contribution in [2.75, 3.05) is 5.32 Å². The summed E-state index contributed by atoms with van der Waals surface area (Å²) in [5, 5.41) is 4.76. The third-order valence-corrected chi connectivity index (χ3v) is 3.45. The van der Waals surface area contributed by atoms with Crippen LogP contribution in [0.2, 0.25) is 5.02 Å². The van der Waals surface area contributed by atoms with Crippen LogP contribution in [0.5, 0.6) is 0 Å². The van der Waals surface area contributed by atoms with E-state index in [1.807, 2.05) is 30.3 Å². The lowest BCUT2D eigenvalue weighted by Gasteiger charge is -1.99. The highest BCUT2D eigenvalue weighted by molar-refractivity contribution is 7.22. The van der Waals surface area contributed by atoms with E-state index in [0.717, 1.165) is 21.0 Å². The first kappa shape index (κ1) is 10.5. The number of halogens is 1. The number of anilines is 2. The fourth-order valence-corrected chi connectivity index (χ4v) is 2.55. The smallest absolute Gasteiger partial charge is 0.188 e. The number of fused-ring (bicyclic) bond motifs is 1. The lowest BCUT2D eigenvalue weighted by Crippen LogP contribution is -1.88. The van der Waals surface area contributed by atoms with Gasteiger partial charge in [-0.05, 0) is 30.3 Å². The Morgan fingerprint density at radius 3 is 3.00 bits per heavy atom. The zero-order valence-electron chi connectivity index (χ0n) is 8.72. The summed E-state index contributed by atoms with van der Waals surface area (Å²) < 4.78 is 1.11. The van der Waals surface area contributed by atoms with E-state index in [1.165, 1.54) is 0 Å². The average Bonchev–Trinajstić information content (AvgIpc) is 2.71. The van der Waals surface area contributed by atoms with Gasteiger partial charge in [-0.25, -0.2) is 4.98 Å². The highest BCUT2D eigenvalue weighted by Crippen LogP contribution is 2.29. The van der Waals surface area contributed by atoms with Crippen LogP contribution < -0.4 is 5.32 Å². The first-order valence-electron chi connectivity index (χ1n) is 5.04. The van der Waals surface area contributed by atoms with Crippen molar-refractivity contribution in [2.45, 2.75) is 0 Å². The standard InChI is InChI=1S/C12H8ClN3S/c13-8-3-4-11-10(6-8)16-12(17-11)15-9-2-1-5-14-7-9/h1-7H,(H,15,16). The van der Waals surface area contributed by atoms with Gasteiger partial charge in [-0.1, -0.05) is 22.9 Å². The van der Waals surface area contributed by atoms with E-state index in [4.69, 9.17) is 11.6 Å². The zero-order valence-corrected chi connectivity index (χ0v) is 10.3. The van der Waals surface area contributed by atoms with Gasteiger partial charge in [0.05, 0.1) is 22.1 Å². The normalized spacial score (nSPS) is 10.6. The van der Waals surface area contributed by atoms with Crippen LogP contribution in [-0.2, 0) is 0 Å². The second-order valence-corrected chi connectivity index (χ2v) is 4.96. The zero-order chi connectivity index (χ0) is 11.7. The molecular weight excluding hydrogens is 254 g/mol. The third-order valence-electron chi connectivity index (χ3n) is 2.26. The quantitative estimate of drug-likeness (QED) is 0.755. The largest absolute Gasteiger partial charge is 0.330 e. The molecule has 5 heteroatoms. The van der Waals surface area contributed by atoms with Gasteiger partial charge in [-0.3, -0.25) is 4.98 Å². The summed E-state index contributed by atoms with van der Waals surface area (Å²) in [5.41, 5.74) is 1.84. The van der Waals surface area contributed by atoms with Crippen LogP contribution in [0.4, 0.5) is 10.8 Å². The maximum Gasteiger partial charge on any atom is 0.188 e. The van der Waals surface area contributed by atoms with E-state index in [1.54, 1.807) is 23.7 Å². The molecule has 0 aliphatic rings. The molecule has 1 aromatic carbocycles. The van der Waals surface area contributed by atoms with Gasteiger partial charge in [0.25, 0.3) is 0 Å². The van der Waals surface area contributed by atoms with Crippen LogP contribution in [0.1, 0.15) is 0 Å². The minimum absolute atomic E-state index is 0.704. The summed E-state index contributed by atoms with van der Waals surface area (Å²) in [5.74, 6) is 0. The number of benzene rings is 1. The molecule has 84 valence electrons. The summed E-state index contributed by atoms with van der Waals surface area (Å²) in [6, 6.07) is 9.54. The Labute approximate surface area is 107 Å². The molecule has 17 heavy (non-hydrogen) atoms. The van der Waals surface area contributed by atoms with Gasteiger partial charge < -0.3 is 5.32 Å². The van der Waals surface area contributed by atoms with Gasteiger partial charge in [-0.2, -0.15) is 0 Å². The monoisotopic (exact) mass is 261 g/mol. The molecule has 0 bridgehead atoms. The number of pyridine rings is 1. The summed E-state index contributed by atoms with van der Waals surface area (Å²) in [6.45, 7) is 0. The van der Waals surface area contributed by atoms with Crippen molar-refractivity contribution in [2.24, 2.45) is 0 Å². The molecule has 3 aromatic rings. The second kappa shape index (κ2) is 4.31. The van der Waals surface area contributed by atoms with Crippen LogP contribution in [-0.4, -0.2) is 9.97 Å². The Kier molecular flexibility index (Phi) is 2.66. The van der Waals surface area contributed by atoms with Crippen LogP contribution in [0, 0.1) is 0 Å². The van der Waals surface area contributed by atoms with Crippen molar-refractivity contribution in [3.8, 4) is 0 Å². The molecule has 0 aliphatic heterocycles. The Balaban J connectivity index is 1.96. The molecule has 0 atom stereocenters. The lowest BCUT2D eigenvalue weighted by atomic mass is 10.3. The molecule has 0 fully saturated rings. The molecule has 2 heterocycles. The molecule has 0 radical (unpaired) electrons. The maximum absolute atomic E-state index is 5.92. The van der Waals surface area contributed by atoms with E-state index in [0.29, 0.717) is 5.02 Å². The second-order valence-electron chi connectivity index (χ2n) is 3.50. The number of hydrogen-bond acceptors (Lipinski definition) is 4. The van der Waals surface area contributed by atoms with Crippen LogP contribution in [0.25, 0.3) is 10.2 Å². The van der Waals surface area contributed by atoms with Gasteiger partial charge in [0.15, 0.2) is 5.13 Å². The first-order chi connectivity index (χ1) is 8.31. The molecule has 3 rings (SSSR count). The van der Waals surface area contributed by atoms with Crippen molar-refractivity contribution in [1.82, 2.24) is 9.97 Å². The number of rotatable bonds is 2. The van der Waals surface area contributed by atoms with E-state index in [9.17, 15) is 0 Å². The Hall–Kier alpha value is -1.65. The van der Waals surface area contributed by atoms with Gasteiger partial charge in [0.2, 0.25) is 0 Å². The number of nitrogens with one attached hydrogen (secondary N) is 1. The number of aromatic nitrogens is 2. The van der Waals surface area contributed by atoms with Crippen LogP contribution >= 0.6 is 22.9 Å². The number of hydrogen-bond donors (Lipinski definition) is 1. The van der Waals surface area contributed by atoms with E-state index < -0.39 is 0 Å². The van der Waals surface area contributed by atoms with Crippen molar-refractivity contribution in [3.63, 3.8) is 0 Å². The van der Waals surface area contributed by atoms with Crippen molar-refractivity contribution in [1.29, 1.82) is 0 Å². The molecule has 0 saturated heterocycles. The molecular formula is C12H8ClN3S. The third kappa shape index (κ3) is 2.23. The Bertz CT molecular complexity index is 651. The van der Waals surface area contributed by atoms with E-state index in [2.05, 4.69) is 15.3 Å². The maximum atomic E-state index is 5.92. The number of thiazole rings is 1. The summed E-state index contributed by atoms with van der Waals surface area (Å²) in [6.07, 6.45) is 3.50. The summed E-state index contributed by atoms with van der Waals surface area (Å²) in [7, 11) is 0. The minimum atomic E-state index is 0.704. The molecule has 0 saturated carbocycles. The molecule has 1 N–H and O–H groups in total. The highest BCUT2D eigenvalue weighted by Gasteiger charge is 2.04. The SMILES string of the molecule is Clc1ccc2sc(Nc3cccnc3)nc2c1. The molecule has 2 aromatic heterocycles. The van der Waals surface area contributed by atoms with E-state index in [-0.39, 0.29) is 0 Å². The average molecular weight is 262 g/mol. The van der Waals surface area contributed by atoms with Gasteiger partial charge in [0.1, 0.15) is 0 Å². The minimum Gasteiger partial charge on any atom is -0.330 e. The van der Waals surface area contributed by atoms with Gasteiger partial charge >= 0.3 is 0 Å². The van der Waals surface area contributed by atoms with Crippen LogP contribution in [0.3, 0.4) is 0 Å².